The second-order valence-electron chi connectivity index (χ2n) is 1.17. The van der Waals surface area contributed by atoms with Gasteiger partial charge in [0, 0.05) is 6.54 Å². The van der Waals surface area contributed by atoms with Gasteiger partial charge < -0.3 is 10.2 Å². The van der Waals surface area contributed by atoms with E-state index >= 15 is 0 Å². The van der Waals surface area contributed by atoms with Gasteiger partial charge in [-0.25, -0.2) is 4.84 Å². The molecule has 7 heavy (non-hydrogen) atoms. The average Bonchev–Trinajstić information content (AvgIpc) is 1.68. The van der Waals surface area contributed by atoms with Gasteiger partial charge in [0.2, 0.25) is 0 Å². The molecule has 0 spiro atoms. The predicted molar refractivity (Wildman–Crippen MR) is 26.9 cm³/mol. The van der Waals surface area contributed by atoms with Gasteiger partial charge >= 0.3 is 0 Å². The third-order valence-electron chi connectivity index (χ3n) is 0.524. The predicted octanol–water partition coefficient (Wildman–Crippen LogP) is -0.917. The summed E-state index contributed by atoms with van der Waals surface area (Å²) >= 11 is 4.95. The van der Waals surface area contributed by atoms with Crippen molar-refractivity contribution in [1.82, 2.24) is 4.84 Å². The van der Waals surface area contributed by atoms with Crippen LogP contribution in [-0.2, 0) is 0 Å². The molecule has 0 radical (unpaired) electrons. The molecule has 0 saturated heterocycles. The Morgan fingerprint density at radius 1 is 1.71 bits per heavy atom. The van der Waals surface area contributed by atoms with E-state index < -0.39 is 6.10 Å². The summed E-state index contributed by atoms with van der Waals surface area (Å²) in [6.07, 6.45) is -0.738. The molecule has 0 heterocycles. The number of rotatable bonds is 3. The summed E-state index contributed by atoms with van der Waals surface area (Å²) in [4.78, 5) is 2.18. The van der Waals surface area contributed by atoms with Crippen LogP contribution < -0.4 is 4.84 Å². The van der Waals surface area contributed by atoms with Gasteiger partial charge in [0.25, 0.3) is 0 Å². The maximum absolute atomic E-state index is 8.46. The van der Waals surface area contributed by atoms with E-state index in [1.54, 1.807) is 0 Å². The number of aliphatic hydroxyl groups is 2. The zero-order chi connectivity index (χ0) is 5.70. The van der Waals surface area contributed by atoms with Gasteiger partial charge in [-0.1, -0.05) is 0 Å². The number of halogens is 1. The molecule has 0 rings (SSSR count). The van der Waals surface area contributed by atoms with E-state index in [4.69, 9.17) is 22.0 Å². The first kappa shape index (κ1) is 7.17. The van der Waals surface area contributed by atoms with E-state index in [0.717, 1.165) is 0 Å². The molecule has 3 nitrogen and oxygen atoms in total. The van der Waals surface area contributed by atoms with Crippen molar-refractivity contribution in [3.8, 4) is 0 Å². The Kier molecular flexibility index (Phi) is 4.44. The molecule has 0 aromatic rings. The molecule has 3 N–H and O–H groups in total. The van der Waals surface area contributed by atoms with Crippen LogP contribution in [0.4, 0.5) is 0 Å². The second kappa shape index (κ2) is 4.33. The van der Waals surface area contributed by atoms with Crippen LogP contribution in [0.25, 0.3) is 0 Å². The monoisotopic (exact) mass is 125 g/mol. The lowest BCUT2D eigenvalue weighted by molar-refractivity contribution is 0.0990. The molecule has 0 bridgehead atoms. The van der Waals surface area contributed by atoms with Crippen LogP contribution >= 0.6 is 11.8 Å². The molecule has 44 valence electrons. The highest BCUT2D eigenvalue weighted by atomic mass is 35.5. The Labute approximate surface area is 47.0 Å². The molecule has 0 aromatic carbocycles. The summed E-state index contributed by atoms with van der Waals surface area (Å²) in [5.41, 5.74) is 0. The van der Waals surface area contributed by atoms with E-state index in [9.17, 15) is 0 Å². The lowest BCUT2D eigenvalue weighted by Crippen LogP contribution is -2.23. The van der Waals surface area contributed by atoms with Crippen molar-refractivity contribution in [2.75, 3.05) is 13.2 Å². The molecule has 0 unspecified atom stereocenters. The fourth-order valence-corrected chi connectivity index (χ4v) is 0.332. The minimum absolute atomic E-state index is 0.220. The first-order valence-electron chi connectivity index (χ1n) is 1.93. The third-order valence-corrected chi connectivity index (χ3v) is 0.678. The molecule has 0 aliphatic rings. The Morgan fingerprint density at radius 2 is 2.29 bits per heavy atom. The summed E-state index contributed by atoms with van der Waals surface area (Å²) in [7, 11) is 0. The lowest BCUT2D eigenvalue weighted by atomic mass is 10.4. The van der Waals surface area contributed by atoms with Crippen molar-refractivity contribution in [3.05, 3.63) is 0 Å². The van der Waals surface area contributed by atoms with Crippen molar-refractivity contribution in [1.29, 1.82) is 0 Å². The SMILES string of the molecule is OC[C@H](O)CNCl. The Balaban J connectivity index is 2.83. The van der Waals surface area contributed by atoms with Crippen LogP contribution in [0.5, 0.6) is 0 Å². The van der Waals surface area contributed by atoms with Gasteiger partial charge in [0.1, 0.15) is 0 Å². The van der Waals surface area contributed by atoms with Gasteiger partial charge in [0.15, 0.2) is 0 Å². The Bertz CT molecular complexity index is 43.9. The minimum Gasteiger partial charge on any atom is -0.394 e. The summed E-state index contributed by atoms with van der Waals surface area (Å²) in [6, 6.07) is 0. The fourth-order valence-electron chi connectivity index (χ4n) is 0.154. The van der Waals surface area contributed by atoms with Gasteiger partial charge in [-0.3, -0.25) is 0 Å². The molecule has 0 aliphatic carbocycles. The quantitative estimate of drug-likeness (QED) is 0.428. The normalized spacial score (nSPS) is 14.1. The number of hydrogen-bond acceptors (Lipinski definition) is 3. The van der Waals surface area contributed by atoms with Crippen LogP contribution in [0.2, 0.25) is 0 Å². The van der Waals surface area contributed by atoms with Crippen molar-refractivity contribution in [3.63, 3.8) is 0 Å². The van der Waals surface area contributed by atoms with Crippen LogP contribution in [0.1, 0.15) is 0 Å². The minimum atomic E-state index is -0.738. The van der Waals surface area contributed by atoms with Crippen molar-refractivity contribution in [2.24, 2.45) is 0 Å². The van der Waals surface area contributed by atoms with Gasteiger partial charge in [0.05, 0.1) is 12.7 Å². The highest BCUT2D eigenvalue weighted by Crippen LogP contribution is 1.75. The van der Waals surface area contributed by atoms with Gasteiger partial charge in [-0.05, 0) is 11.8 Å². The fraction of sp³-hybridized carbons (Fsp3) is 1.00. The van der Waals surface area contributed by atoms with E-state index in [-0.39, 0.29) is 13.2 Å². The Morgan fingerprint density at radius 3 is 2.43 bits per heavy atom. The molecular weight excluding hydrogens is 117 g/mol. The van der Waals surface area contributed by atoms with Crippen molar-refractivity contribution in [2.45, 2.75) is 6.10 Å². The topological polar surface area (TPSA) is 52.5 Å². The van der Waals surface area contributed by atoms with Crippen LogP contribution in [-0.4, -0.2) is 29.5 Å². The first-order chi connectivity index (χ1) is 3.31. The van der Waals surface area contributed by atoms with Gasteiger partial charge in [-0.2, -0.15) is 0 Å². The van der Waals surface area contributed by atoms with Crippen molar-refractivity contribution >= 4 is 11.8 Å². The van der Waals surface area contributed by atoms with Crippen molar-refractivity contribution < 1.29 is 10.2 Å². The summed E-state index contributed by atoms with van der Waals surface area (Å²) in [5.74, 6) is 0. The summed E-state index contributed by atoms with van der Waals surface area (Å²) < 4.78 is 0. The third kappa shape index (κ3) is 4.01. The van der Waals surface area contributed by atoms with Crippen LogP contribution in [0.15, 0.2) is 0 Å². The van der Waals surface area contributed by atoms with Gasteiger partial charge in [-0.15, -0.1) is 0 Å². The summed E-state index contributed by atoms with van der Waals surface area (Å²) in [6.45, 7) is -0.0300. The Hall–Kier alpha value is 0.170. The summed E-state index contributed by atoms with van der Waals surface area (Å²) in [5, 5.41) is 16.6. The molecule has 1 atom stereocenters. The molecule has 0 aromatic heterocycles. The first-order valence-corrected chi connectivity index (χ1v) is 2.31. The zero-order valence-electron chi connectivity index (χ0n) is 3.76. The van der Waals surface area contributed by atoms with E-state index in [2.05, 4.69) is 4.84 Å². The number of hydrogen-bond donors (Lipinski definition) is 3. The largest absolute Gasteiger partial charge is 0.394 e. The standard InChI is InChI=1S/C3H8ClNO2/c4-5-1-3(7)2-6/h3,5-7H,1-2H2/t3-/m1/s1. The second-order valence-corrected chi connectivity index (χ2v) is 1.44. The molecule has 0 saturated carbocycles. The lowest BCUT2D eigenvalue weighted by Gasteiger charge is -2.01. The zero-order valence-corrected chi connectivity index (χ0v) is 4.52. The van der Waals surface area contributed by atoms with E-state index in [0.29, 0.717) is 0 Å². The van der Waals surface area contributed by atoms with E-state index in [1.165, 1.54) is 0 Å². The highest BCUT2D eigenvalue weighted by molar-refractivity contribution is 6.13. The maximum atomic E-state index is 8.46. The van der Waals surface area contributed by atoms with Crippen LogP contribution in [0, 0.1) is 0 Å². The smallest absolute Gasteiger partial charge is 0.0908 e. The number of aliphatic hydroxyl groups excluding tert-OH is 2. The van der Waals surface area contributed by atoms with E-state index in [1.807, 2.05) is 0 Å². The highest BCUT2D eigenvalue weighted by Gasteiger charge is 1.96. The average molecular weight is 126 g/mol. The maximum Gasteiger partial charge on any atom is 0.0908 e. The van der Waals surface area contributed by atoms with Crippen LogP contribution in [0.3, 0.4) is 0 Å². The molecule has 0 fully saturated rings. The molecular formula is C3H8ClNO2. The number of nitrogens with one attached hydrogen (secondary N) is 1. The molecule has 4 heteroatoms. The molecule has 0 aliphatic heterocycles. The molecule has 0 amide bonds.